The Hall–Kier alpha value is -0.860. The van der Waals surface area contributed by atoms with Crippen LogP contribution in [-0.2, 0) is 0 Å². The van der Waals surface area contributed by atoms with Crippen LogP contribution in [0.2, 0.25) is 0 Å². The van der Waals surface area contributed by atoms with Crippen LogP contribution in [0.15, 0.2) is 30.3 Å². The summed E-state index contributed by atoms with van der Waals surface area (Å²) in [5, 5.41) is 0. The van der Waals surface area contributed by atoms with Gasteiger partial charge in [-0.1, -0.05) is 30.3 Å². The summed E-state index contributed by atoms with van der Waals surface area (Å²) in [5.41, 5.74) is 14.1. The minimum absolute atomic E-state index is 0.0659. The van der Waals surface area contributed by atoms with Crippen molar-refractivity contribution >= 4 is 0 Å². The van der Waals surface area contributed by atoms with E-state index in [2.05, 4.69) is 30.3 Å². The Morgan fingerprint density at radius 2 is 1.71 bits per heavy atom. The van der Waals surface area contributed by atoms with E-state index in [1.807, 2.05) is 0 Å². The van der Waals surface area contributed by atoms with Gasteiger partial charge in [0.2, 0.25) is 0 Å². The average molecular weight is 230 g/mol. The Labute approximate surface area is 103 Å². The van der Waals surface area contributed by atoms with Crippen LogP contribution in [0, 0.1) is 5.92 Å². The largest absolute Gasteiger partial charge is 0.328 e. The minimum Gasteiger partial charge on any atom is -0.328 e. The highest BCUT2D eigenvalue weighted by atomic mass is 14.8. The Balaban J connectivity index is 1.68. The van der Waals surface area contributed by atoms with E-state index in [1.54, 1.807) is 0 Å². The van der Waals surface area contributed by atoms with Crippen LogP contribution in [0.1, 0.15) is 43.6 Å². The molecule has 3 rings (SSSR count). The number of hydrogen-bond donors (Lipinski definition) is 2. The molecule has 0 unspecified atom stereocenters. The summed E-state index contributed by atoms with van der Waals surface area (Å²) in [6.45, 7) is 0. The monoisotopic (exact) mass is 230 g/mol. The molecule has 92 valence electrons. The first kappa shape index (κ1) is 11.2. The maximum atomic E-state index is 6.60. The van der Waals surface area contributed by atoms with Gasteiger partial charge in [-0.2, -0.15) is 0 Å². The molecule has 2 fully saturated rings. The van der Waals surface area contributed by atoms with Crippen molar-refractivity contribution in [3.8, 4) is 0 Å². The van der Waals surface area contributed by atoms with Crippen LogP contribution in [0.5, 0.6) is 0 Å². The Morgan fingerprint density at radius 1 is 1.06 bits per heavy atom. The van der Waals surface area contributed by atoms with Crippen molar-refractivity contribution in [1.29, 1.82) is 0 Å². The molecule has 17 heavy (non-hydrogen) atoms. The normalized spacial score (nSPS) is 41.2. The lowest BCUT2D eigenvalue weighted by Gasteiger charge is -2.36. The molecule has 0 aliphatic heterocycles. The first-order valence-corrected chi connectivity index (χ1v) is 6.78. The molecule has 0 aromatic heterocycles. The number of hydrogen-bond acceptors (Lipinski definition) is 2. The predicted octanol–water partition coefficient (Wildman–Crippen LogP) is 2.39. The molecule has 2 atom stereocenters. The molecule has 0 spiro atoms. The lowest BCUT2D eigenvalue weighted by Crippen LogP contribution is -2.48. The van der Waals surface area contributed by atoms with Gasteiger partial charge >= 0.3 is 0 Å². The lowest BCUT2D eigenvalue weighted by atomic mass is 9.76. The van der Waals surface area contributed by atoms with E-state index in [0.29, 0.717) is 17.9 Å². The van der Waals surface area contributed by atoms with E-state index < -0.39 is 0 Å². The molecule has 4 N–H and O–H groups in total. The molecule has 2 nitrogen and oxygen atoms in total. The summed E-state index contributed by atoms with van der Waals surface area (Å²) in [6, 6.07) is 11.2. The van der Waals surface area contributed by atoms with Crippen molar-refractivity contribution in [3.05, 3.63) is 35.9 Å². The molecular weight excluding hydrogens is 208 g/mol. The second-order valence-electron chi connectivity index (χ2n) is 5.93. The maximum Gasteiger partial charge on any atom is 0.0190 e. The second-order valence-corrected chi connectivity index (χ2v) is 5.93. The first-order valence-electron chi connectivity index (χ1n) is 6.78. The first-order chi connectivity index (χ1) is 8.19. The van der Waals surface area contributed by atoms with Crippen LogP contribution < -0.4 is 11.5 Å². The van der Waals surface area contributed by atoms with Crippen LogP contribution in [0.25, 0.3) is 0 Å². The van der Waals surface area contributed by atoms with Crippen molar-refractivity contribution in [2.45, 2.75) is 49.6 Å². The molecule has 0 saturated heterocycles. The van der Waals surface area contributed by atoms with Gasteiger partial charge in [0.1, 0.15) is 0 Å². The fourth-order valence-corrected chi connectivity index (χ4v) is 3.45. The Bertz CT molecular complexity index is 379. The zero-order valence-electron chi connectivity index (χ0n) is 10.3. The molecule has 0 heterocycles. The van der Waals surface area contributed by atoms with Gasteiger partial charge in [0.05, 0.1) is 0 Å². The quantitative estimate of drug-likeness (QED) is 0.819. The van der Waals surface area contributed by atoms with Gasteiger partial charge < -0.3 is 11.5 Å². The van der Waals surface area contributed by atoms with Crippen LogP contribution in [0.4, 0.5) is 0 Å². The molecule has 2 aliphatic carbocycles. The fourth-order valence-electron chi connectivity index (χ4n) is 3.45. The summed E-state index contributed by atoms with van der Waals surface area (Å²) in [6.07, 6.45) is 5.71. The standard InChI is InChI=1S/C15H22N2/c16-12-6-8-15(17,9-7-12)14-10-13(14)11-4-2-1-3-5-11/h1-5,12-14H,6-10,16-17H2/t12?,13-,14-,15?/m0/s1. The third kappa shape index (κ3) is 2.12. The number of rotatable bonds is 2. The third-order valence-corrected chi connectivity index (χ3v) is 4.72. The topological polar surface area (TPSA) is 52.0 Å². The van der Waals surface area contributed by atoms with E-state index in [-0.39, 0.29) is 5.54 Å². The van der Waals surface area contributed by atoms with Gasteiger partial charge in [-0.3, -0.25) is 0 Å². The molecule has 2 saturated carbocycles. The molecule has 0 amide bonds. The minimum atomic E-state index is 0.0659. The van der Waals surface area contributed by atoms with Crippen molar-refractivity contribution in [1.82, 2.24) is 0 Å². The van der Waals surface area contributed by atoms with Gasteiger partial charge in [0, 0.05) is 11.6 Å². The van der Waals surface area contributed by atoms with Crippen LogP contribution >= 0.6 is 0 Å². The summed E-state index contributed by atoms with van der Waals surface area (Å²) < 4.78 is 0. The Kier molecular flexibility index (Phi) is 2.72. The average Bonchev–Trinajstić information content (AvgIpc) is 3.15. The highest BCUT2D eigenvalue weighted by Gasteiger charge is 2.51. The van der Waals surface area contributed by atoms with Crippen molar-refractivity contribution in [3.63, 3.8) is 0 Å². The smallest absolute Gasteiger partial charge is 0.0190 e. The Morgan fingerprint density at radius 3 is 2.35 bits per heavy atom. The summed E-state index contributed by atoms with van der Waals surface area (Å²) in [4.78, 5) is 0. The predicted molar refractivity (Wildman–Crippen MR) is 70.7 cm³/mol. The van der Waals surface area contributed by atoms with Crippen molar-refractivity contribution < 1.29 is 0 Å². The third-order valence-electron chi connectivity index (χ3n) is 4.72. The van der Waals surface area contributed by atoms with Crippen molar-refractivity contribution in [2.75, 3.05) is 0 Å². The van der Waals surface area contributed by atoms with Crippen molar-refractivity contribution in [2.24, 2.45) is 17.4 Å². The number of benzene rings is 1. The zero-order chi connectivity index (χ0) is 11.9. The second kappa shape index (κ2) is 4.11. The summed E-state index contributed by atoms with van der Waals surface area (Å²) in [7, 11) is 0. The van der Waals surface area contributed by atoms with E-state index in [0.717, 1.165) is 25.7 Å². The molecule has 0 bridgehead atoms. The summed E-state index contributed by atoms with van der Waals surface area (Å²) >= 11 is 0. The van der Waals surface area contributed by atoms with Gasteiger partial charge in [-0.25, -0.2) is 0 Å². The highest BCUT2D eigenvalue weighted by molar-refractivity contribution is 5.28. The summed E-state index contributed by atoms with van der Waals surface area (Å²) in [5.74, 6) is 1.40. The molecule has 1 aromatic rings. The van der Waals surface area contributed by atoms with Gasteiger partial charge in [-0.05, 0) is 49.5 Å². The maximum absolute atomic E-state index is 6.60. The van der Waals surface area contributed by atoms with E-state index >= 15 is 0 Å². The van der Waals surface area contributed by atoms with Gasteiger partial charge in [0.15, 0.2) is 0 Å². The van der Waals surface area contributed by atoms with E-state index in [4.69, 9.17) is 11.5 Å². The zero-order valence-corrected chi connectivity index (χ0v) is 10.3. The van der Waals surface area contributed by atoms with E-state index in [1.165, 1.54) is 12.0 Å². The SMILES string of the molecule is NC1CCC(N)([C@H]2C[C@H]2c2ccccc2)CC1. The lowest BCUT2D eigenvalue weighted by molar-refractivity contribution is 0.239. The van der Waals surface area contributed by atoms with E-state index in [9.17, 15) is 0 Å². The fraction of sp³-hybridized carbons (Fsp3) is 0.600. The molecular formula is C15H22N2. The molecule has 1 aromatic carbocycles. The molecule has 2 aliphatic rings. The molecule has 0 radical (unpaired) electrons. The van der Waals surface area contributed by atoms with Crippen LogP contribution in [-0.4, -0.2) is 11.6 Å². The van der Waals surface area contributed by atoms with Gasteiger partial charge in [-0.15, -0.1) is 0 Å². The highest BCUT2D eigenvalue weighted by Crippen LogP contribution is 2.56. The molecule has 2 heteroatoms. The number of nitrogens with two attached hydrogens (primary N) is 2. The van der Waals surface area contributed by atoms with Gasteiger partial charge in [0.25, 0.3) is 0 Å². The van der Waals surface area contributed by atoms with Crippen LogP contribution in [0.3, 0.4) is 0 Å².